The van der Waals surface area contributed by atoms with Crippen LogP contribution in [0, 0.1) is 11.6 Å². The molecule has 156 valence electrons. The quantitative estimate of drug-likeness (QED) is 0.741. The summed E-state index contributed by atoms with van der Waals surface area (Å²) in [6.45, 7) is 1.76. The monoisotopic (exact) mass is 434 g/mol. The number of hydrogen-bond donors (Lipinski definition) is 1. The first kappa shape index (κ1) is 21.0. The summed E-state index contributed by atoms with van der Waals surface area (Å²) >= 11 is 0. The molecule has 0 aliphatic carbocycles. The highest BCUT2D eigenvalue weighted by molar-refractivity contribution is 7.93. The fourth-order valence-electron chi connectivity index (χ4n) is 3.18. The second-order valence-electron chi connectivity index (χ2n) is 6.65. The molecule has 1 aliphatic rings. The maximum Gasteiger partial charge on any atom is 0.516 e. The van der Waals surface area contributed by atoms with Gasteiger partial charge in [-0.25, -0.2) is 8.78 Å². The highest BCUT2D eigenvalue weighted by atomic mass is 32.2. The van der Waals surface area contributed by atoms with Gasteiger partial charge in [-0.05, 0) is 29.8 Å². The van der Waals surface area contributed by atoms with Crippen LogP contribution in [0.5, 0.6) is 0 Å². The van der Waals surface area contributed by atoms with E-state index in [0.29, 0.717) is 5.56 Å². The van der Waals surface area contributed by atoms with Gasteiger partial charge in [0.15, 0.2) is 0 Å². The number of carbonyl (C=O) groups excluding carboxylic acids is 1. The summed E-state index contributed by atoms with van der Waals surface area (Å²) in [5, 5.41) is 0. The fourth-order valence-corrected chi connectivity index (χ4v) is 3.74. The summed E-state index contributed by atoms with van der Waals surface area (Å²) in [6, 6.07) is 6.75. The minimum absolute atomic E-state index is 0.00906. The highest BCUT2D eigenvalue weighted by Gasteiger charge is 2.46. The van der Waals surface area contributed by atoms with Crippen LogP contribution in [0.15, 0.2) is 36.4 Å². The smallest absolute Gasteiger partial charge is 0.334 e. The van der Waals surface area contributed by atoms with E-state index in [-0.39, 0.29) is 29.9 Å². The average Bonchev–Trinajstić information content (AvgIpc) is 2.61. The number of anilines is 1. The number of alkyl halides is 3. The van der Waals surface area contributed by atoms with Gasteiger partial charge in [0.2, 0.25) is 0 Å². The summed E-state index contributed by atoms with van der Waals surface area (Å²) in [4.78, 5) is 13.9. The predicted octanol–water partition coefficient (Wildman–Crippen LogP) is 3.99. The third kappa shape index (κ3) is 4.04. The molecule has 0 spiro atoms. The molecular formula is C18H15F5N2O3S. The van der Waals surface area contributed by atoms with E-state index in [1.807, 2.05) is 0 Å². The van der Waals surface area contributed by atoms with Gasteiger partial charge < -0.3 is 4.90 Å². The standard InChI is InChI=1S/C18H15F5N2O3S/c1-10-8-25(17(26)16-14(20)7-6-13(19)15(10)16)9-11-2-4-12(5-3-11)24-29(27,28)18(21,22)23/h2-7,10,24H,8-9H2,1H3. The van der Waals surface area contributed by atoms with Crippen molar-refractivity contribution in [3.05, 3.63) is 64.7 Å². The van der Waals surface area contributed by atoms with Crippen LogP contribution in [-0.4, -0.2) is 31.3 Å². The first-order valence-electron chi connectivity index (χ1n) is 8.36. The van der Waals surface area contributed by atoms with E-state index in [9.17, 15) is 35.2 Å². The number of benzene rings is 2. The molecule has 5 nitrogen and oxygen atoms in total. The number of rotatable bonds is 4. The van der Waals surface area contributed by atoms with E-state index in [4.69, 9.17) is 0 Å². The topological polar surface area (TPSA) is 66.5 Å². The van der Waals surface area contributed by atoms with Crippen LogP contribution in [0.3, 0.4) is 0 Å². The zero-order valence-corrected chi connectivity index (χ0v) is 15.7. The SMILES string of the molecule is CC1CN(Cc2ccc(NS(=O)(=O)C(F)(F)F)cc2)C(=O)c2c(F)ccc(F)c21. The maximum absolute atomic E-state index is 14.1. The van der Waals surface area contributed by atoms with Gasteiger partial charge in [-0.2, -0.15) is 21.6 Å². The van der Waals surface area contributed by atoms with Crippen molar-refractivity contribution < 1.29 is 35.2 Å². The number of amides is 1. The molecule has 0 radical (unpaired) electrons. The Bertz CT molecular complexity index is 1050. The van der Waals surface area contributed by atoms with Crippen molar-refractivity contribution in [1.82, 2.24) is 4.90 Å². The Labute approximate surface area is 163 Å². The van der Waals surface area contributed by atoms with Gasteiger partial charge in [0.05, 0.1) is 5.56 Å². The lowest BCUT2D eigenvalue weighted by molar-refractivity contribution is -0.0429. The second kappa shape index (κ2) is 7.29. The number of sulfonamides is 1. The number of hydrogen-bond acceptors (Lipinski definition) is 3. The third-order valence-electron chi connectivity index (χ3n) is 4.51. The van der Waals surface area contributed by atoms with E-state index < -0.39 is 39.0 Å². The van der Waals surface area contributed by atoms with Crippen molar-refractivity contribution in [2.24, 2.45) is 0 Å². The predicted molar refractivity (Wildman–Crippen MR) is 94.6 cm³/mol. The largest absolute Gasteiger partial charge is 0.516 e. The van der Waals surface area contributed by atoms with Crippen molar-refractivity contribution in [2.45, 2.75) is 24.9 Å². The Hall–Kier alpha value is -2.69. The normalized spacial score (nSPS) is 17.2. The molecule has 0 aromatic heterocycles. The Morgan fingerprint density at radius 2 is 1.66 bits per heavy atom. The van der Waals surface area contributed by atoms with E-state index in [1.165, 1.54) is 21.8 Å². The number of nitrogens with zero attached hydrogens (tertiary/aromatic N) is 1. The summed E-state index contributed by atoms with van der Waals surface area (Å²) in [5.41, 5.74) is -5.60. The van der Waals surface area contributed by atoms with Gasteiger partial charge in [-0.1, -0.05) is 19.1 Å². The molecule has 0 bridgehead atoms. The lowest BCUT2D eigenvalue weighted by atomic mass is 9.89. The van der Waals surface area contributed by atoms with Crippen LogP contribution in [0.1, 0.15) is 34.3 Å². The summed E-state index contributed by atoms with van der Waals surface area (Å²) < 4.78 is 89.0. The number of nitrogens with one attached hydrogen (secondary N) is 1. The van der Waals surface area contributed by atoms with Crippen LogP contribution in [0.25, 0.3) is 0 Å². The minimum atomic E-state index is -5.54. The van der Waals surface area contributed by atoms with Crippen LogP contribution < -0.4 is 4.72 Å². The summed E-state index contributed by atoms with van der Waals surface area (Å²) in [6.07, 6.45) is 0. The Kier molecular flexibility index (Phi) is 5.28. The van der Waals surface area contributed by atoms with E-state index in [0.717, 1.165) is 24.3 Å². The molecule has 3 rings (SSSR count). The van der Waals surface area contributed by atoms with Gasteiger partial charge in [0, 0.05) is 30.3 Å². The van der Waals surface area contributed by atoms with Crippen molar-refractivity contribution >= 4 is 21.6 Å². The third-order valence-corrected chi connectivity index (χ3v) is 5.63. The molecule has 1 heterocycles. The summed E-state index contributed by atoms with van der Waals surface area (Å²) in [7, 11) is -5.54. The Morgan fingerprint density at radius 3 is 2.24 bits per heavy atom. The fraction of sp³-hybridized carbons (Fsp3) is 0.278. The van der Waals surface area contributed by atoms with Crippen molar-refractivity contribution in [3.8, 4) is 0 Å². The van der Waals surface area contributed by atoms with E-state index in [1.54, 1.807) is 6.92 Å². The van der Waals surface area contributed by atoms with Gasteiger partial charge in [0.1, 0.15) is 11.6 Å². The average molecular weight is 434 g/mol. The van der Waals surface area contributed by atoms with Crippen LogP contribution in [-0.2, 0) is 16.6 Å². The Balaban J connectivity index is 1.79. The highest BCUT2D eigenvalue weighted by Crippen LogP contribution is 2.33. The zero-order valence-electron chi connectivity index (χ0n) is 14.9. The molecule has 1 atom stereocenters. The molecular weight excluding hydrogens is 419 g/mol. The van der Waals surface area contributed by atoms with E-state index >= 15 is 0 Å². The van der Waals surface area contributed by atoms with Crippen molar-refractivity contribution in [1.29, 1.82) is 0 Å². The minimum Gasteiger partial charge on any atom is -0.334 e. The second-order valence-corrected chi connectivity index (χ2v) is 8.33. The zero-order chi connectivity index (χ0) is 21.6. The van der Waals surface area contributed by atoms with Crippen LogP contribution >= 0.6 is 0 Å². The molecule has 2 aromatic carbocycles. The first-order chi connectivity index (χ1) is 13.4. The molecule has 1 amide bonds. The number of fused-ring (bicyclic) bond motifs is 1. The molecule has 0 fully saturated rings. The number of carbonyl (C=O) groups is 1. The molecule has 11 heteroatoms. The first-order valence-corrected chi connectivity index (χ1v) is 9.84. The van der Waals surface area contributed by atoms with Crippen LogP contribution in [0.4, 0.5) is 27.6 Å². The van der Waals surface area contributed by atoms with Gasteiger partial charge in [-0.15, -0.1) is 0 Å². The van der Waals surface area contributed by atoms with Crippen molar-refractivity contribution in [2.75, 3.05) is 11.3 Å². The lowest BCUT2D eigenvalue weighted by Gasteiger charge is -2.33. The summed E-state index contributed by atoms with van der Waals surface area (Å²) in [5.74, 6) is -2.66. The molecule has 2 aromatic rings. The molecule has 0 saturated carbocycles. The number of halogens is 5. The Morgan fingerprint density at radius 1 is 1.07 bits per heavy atom. The molecule has 1 aliphatic heterocycles. The van der Waals surface area contributed by atoms with Gasteiger partial charge in [0.25, 0.3) is 5.91 Å². The van der Waals surface area contributed by atoms with Gasteiger partial charge in [-0.3, -0.25) is 9.52 Å². The maximum atomic E-state index is 14.1. The van der Waals surface area contributed by atoms with Crippen LogP contribution in [0.2, 0.25) is 0 Å². The van der Waals surface area contributed by atoms with Crippen molar-refractivity contribution in [3.63, 3.8) is 0 Å². The molecule has 0 saturated heterocycles. The lowest BCUT2D eigenvalue weighted by Crippen LogP contribution is -2.40. The van der Waals surface area contributed by atoms with E-state index in [2.05, 4.69) is 0 Å². The molecule has 1 unspecified atom stereocenters. The molecule has 1 N–H and O–H groups in total. The van der Waals surface area contributed by atoms with Gasteiger partial charge >= 0.3 is 15.5 Å². The molecule has 29 heavy (non-hydrogen) atoms.